The van der Waals surface area contributed by atoms with Crippen molar-refractivity contribution in [1.29, 1.82) is 5.41 Å². The van der Waals surface area contributed by atoms with Crippen LogP contribution in [0.1, 0.15) is 67.0 Å². The zero-order chi connectivity index (χ0) is 26.7. The van der Waals surface area contributed by atoms with E-state index < -0.39 is 12.0 Å². The molecular weight excluding hydrogens is 482 g/mol. The molecule has 0 bridgehead atoms. The molecule has 2 aromatic rings. The van der Waals surface area contributed by atoms with E-state index in [1.54, 1.807) is 18.2 Å². The number of likely N-dealkylation sites (tertiary alicyclic amines) is 1. The fourth-order valence-electron chi connectivity index (χ4n) is 5.25. The van der Waals surface area contributed by atoms with Crippen molar-refractivity contribution in [3.8, 4) is 0 Å². The molecule has 5 N–H and O–H groups in total. The summed E-state index contributed by atoms with van der Waals surface area (Å²) < 4.78 is 11.0. The number of aromatic nitrogens is 1. The topological polar surface area (TPSA) is 134 Å². The maximum absolute atomic E-state index is 12.1. The van der Waals surface area contributed by atoms with E-state index in [9.17, 15) is 9.90 Å². The Hall–Kier alpha value is -3.01. The number of para-hydroxylation sites is 1. The van der Waals surface area contributed by atoms with Gasteiger partial charge in [-0.25, -0.2) is 4.98 Å². The number of anilines is 2. The summed E-state index contributed by atoms with van der Waals surface area (Å²) in [6, 6.07) is 8.70. The second kappa shape index (κ2) is 14.2. The van der Waals surface area contributed by atoms with E-state index in [0.717, 1.165) is 69.6 Å². The Kier molecular flexibility index (Phi) is 10.5. The third kappa shape index (κ3) is 7.52. The van der Waals surface area contributed by atoms with E-state index in [4.69, 9.17) is 25.6 Å². The fraction of sp³-hybridized carbons (Fsp3) is 0.552. The minimum Gasteiger partial charge on any atom is -0.480 e. The number of rotatable bonds is 10. The largest absolute Gasteiger partial charge is 0.480 e. The number of carboxylic acid groups (broad SMARTS) is 1. The molecule has 38 heavy (non-hydrogen) atoms. The van der Waals surface area contributed by atoms with Crippen LogP contribution in [0.3, 0.4) is 0 Å². The first kappa shape index (κ1) is 28.0. The number of benzene rings is 1. The van der Waals surface area contributed by atoms with Gasteiger partial charge in [0.25, 0.3) is 0 Å². The smallest absolute Gasteiger partial charge is 0.325 e. The highest BCUT2D eigenvalue weighted by Gasteiger charge is 2.35. The van der Waals surface area contributed by atoms with Crippen molar-refractivity contribution in [1.82, 2.24) is 9.88 Å². The number of carbonyl (C=O) groups is 1. The predicted molar refractivity (Wildman–Crippen MR) is 149 cm³/mol. The SMILES string of the molecule is C1CCOC1.N=Cc1cccc(C(C(=O)O)N2CCC(OCCCCc3ccc4c(n3)NCCC4)C2)c1N. The molecule has 2 atom stereocenters. The van der Waals surface area contributed by atoms with Crippen molar-refractivity contribution in [3.05, 3.63) is 52.7 Å². The zero-order valence-corrected chi connectivity index (χ0v) is 22.2. The lowest BCUT2D eigenvalue weighted by molar-refractivity contribution is -0.143. The van der Waals surface area contributed by atoms with Crippen LogP contribution in [0.25, 0.3) is 0 Å². The number of aliphatic carboxylic acids is 1. The first-order valence-corrected chi connectivity index (χ1v) is 13.8. The van der Waals surface area contributed by atoms with Crippen LogP contribution in [0.2, 0.25) is 0 Å². The highest BCUT2D eigenvalue weighted by molar-refractivity contribution is 5.88. The van der Waals surface area contributed by atoms with Crippen molar-refractivity contribution in [2.75, 3.05) is 50.5 Å². The molecule has 9 heteroatoms. The molecule has 2 fully saturated rings. The average molecular weight is 524 g/mol. The van der Waals surface area contributed by atoms with Gasteiger partial charge >= 0.3 is 5.97 Å². The average Bonchev–Trinajstić information content (AvgIpc) is 3.65. The Morgan fingerprint density at radius 3 is 2.84 bits per heavy atom. The Morgan fingerprint density at radius 2 is 2.11 bits per heavy atom. The van der Waals surface area contributed by atoms with E-state index in [1.807, 2.05) is 4.90 Å². The van der Waals surface area contributed by atoms with Crippen LogP contribution in [-0.2, 0) is 27.1 Å². The number of hydrogen-bond donors (Lipinski definition) is 4. The number of hydrogen-bond acceptors (Lipinski definition) is 8. The first-order chi connectivity index (χ1) is 18.6. The minimum absolute atomic E-state index is 0.0186. The summed E-state index contributed by atoms with van der Waals surface area (Å²) in [6.07, 6.45) is 9.68. The monoisotopic (exact) mass is 523 g/mol. The number of nitrogen functional groups attached to an aromatic ring is 1. The van der Waals surface area contributed by atoms with Crippen LogP contribution >= 0.6 is 0 Å². The van der Waals surface area contributed by atoms with Gasteiger partial charge in [0.15, 0.2) is 0 Å². The van der Waals surface area contributed by atoms with E-state index >= 15 is 0 Å². The van der Waals surface area contributed by atoms with Gasteiger partial charge in [0.1, 0.15) is 11.9 Å². The molecule has 9 nitrogen and oxygen atoms in total. The van der Waals surface area contributed by atoms with E-state index in [-0.39, 0.29) is 6.10 Å². The number of unbranched alkanes of at least 4 members (excludes halogenated alkanes) is 1. The molecule has 1 aromatic carbocycles. The molecule has 0 radical (unpaired) electrons. The van der Waals surface area contributed by atoms with Gasteiger partial charge < -0.3 is 31.0 Å². The third-order valence-electron chi connectivity index (χ3n) is 7.36. The summed E-state index contributed by atoms with van der Waals surface area (Å²) in [6.45, 7) is 4.86. The van der Waals surface area contributed by atoms with Crippen LogP contribution in [-0.4, -0.2) is 72.7 Å². The summed E-state index contributed by atoms with van der Waals surface area (Å²) in [7, 11) is 0. The van der Waals surface area contributed by atoms with Gasteiger partial charge in [-0.15, -0.1) is 0 Å². The summed E-state index contributed by atoms with van der Waals surface area (Å²) in [5, 5.41) is 20.8. The van der Waals surface area contributed by atoms with Crippen LogP contribution in [0, 0.1) is 5.41 Å². The Morgan fingerprint density at radius 1 is 1.26 bits per heavy atom. The van der Waals surface area contributed by atoms with Gasteiger partial charge in [-0.05, 0) is 63.0 Å². The normalized spacial score (nSPS) is 19.6. The Balaban J connectivity index is 0.000000603. The van der Waals surface area contributed by atoms with Crippen LogP contribution in [0.5, 0.6) is 0 Å². The van der Waals surface area contributed by atoms with Gasteiger partial charge in [0.2, 0.25) is 0 Å². The molecule has 0 aliphatic carbocycles. The maximum atomic E-state index is 12.1. The number of nitrogens with two attached hydrogens (primary N) is 1. The first-order valence-electron chi connectivity index (χ1n) is 13.8. The molecule has 0 amide bonds. The molecule has 1 aromatic heterocycles. The van der Waals surface area contributed by atoms with Gasteiger partial charge in [0, 0.05) is 68.2 Å². The molecular formula is C29H41N5O4. The quantitative estimate of drug-likeness (QED) is 0.208. The van der Waals surface area contributed by atoms with Gasteiger partial charge in [-0.2, -0.15) is 0 Å². The van der Waals surface area contributed by atoms with Gasteiger partial charge in [0.05, 0.1) is 6.10 Å². The number of pyridine rings is 1. The van der Waals surface area contributed by atoms with Gasteiger partial charge in [-0.3, -0.25) is 9.69 Å². The lowest BCUT2D eigenvalue weighted by atomic mass is 10.00. The van der Waals surface area contributed by atoms with E-state index in [2.05, 4.69) is 17.4 Å². The molecule has 206 valence electrons. The third-order valence-corrected chi connectivity index (χ3v) is 7.36. The fourth-order valence-corrected chi connectivity index (χ4v) is 5.25. The molecule has 5 rings (SSSR count). The van der Waals surface area contributed by atoms with Crippen molar-refractivity contribution in [2.45, 2.75) is 63.5 Å². The van der Waals surface area contributed by atoms with Crippen molar-refractivity contribution >= 4 is 23.7 Å². The summed E-state index contributed by atoms with van der Waals surface area (Å²) in [5.74, 6) is 0.109. The lowest BCUT2D eigenvalue weighted by Gasteiger charge is -2.26. The number of ether oxygens (including phenoxy) is 2. The Labute approximate surface area is 225 Å². The van der Waals surface area contributed by atoms with Crippen LogP contribution < -0.4 is 11.1 Å². The van der Waals surface area contributed by atoms with Crippen LogP contribution in [0.4, 0.5) is 11.5 Å². The lowest BCUT2D eigenvalue weighted by Crippen LogP contribution is -2.34. The molecule has 2 unspecified atom stereocenters. The van der Waals surface area contributed by atoms with E-state index in [1.165, 1.54) is 24.8 Å². The molecule has 4 heterocycles. The Bertz CT molecular complexity index is 1070. The number of carboxylic acids is 1. The predicted octanol–water partition coefficient (Wildman–Crippen LogP) is 4.06. The van der Waals surface area contributed by atoms with E-state index in [0.29, 0.717) is 36.5 Å². The summed E-state index contributed by atoms with van der Waals surface area (Å²) >= 11 is 0. The number of nitrogens with zero attached hydrogens (tertiary/aromatic N) is 2. The standard InChI is InChI=1S/C25H33N5O3.C4H8O/c26-15-18-5-3-8-21(22(18)27)23(25(31)32)30-13-11-20(16-30)33-14-2-1-7-19-10-9-17-6-4-12-28-24(17)29-19;1-2-4-5-3-1/h3,5,8-10,15,20,23,26H,1-2,4,6-7,11-14,16,27H2,(H,28,29)(H,31,32);1-4H2. The number of nitrogens with one attached hydrogen (secondary N) is 2. The number of fused-ring (bicyclic) bond motifs is 1. The van der Waals surface area contributed by atoms with Crippen molar-refractivity contribution in [2.24, 2.45) is 0 Å². The number of aryl methyl sites for hydroxylation is 2. The second-order valence-electron chi connectivity index (χ2n) is 10.1. The maximum Gasteiger partial charge on any atom is 0.325 e. The van der Waals surface area contributed by atoms with Gasteiger partial charge in [-0.1, -0.05) is 24.3 Å². The van der Waals surface area contributed by atoms with Crippen molar-refractivity contribution in [3.63, 3.8) is 0 Å². The molecule has 0 spiro atoms. The molecule has 3 aliphatic heterocycles. The summed E-state index contributed by atoms with van der Waals surface area (Å²) in [5.41, 5.74) is 10.0. The second-order valence-corrected chi connectivity index (χ2v) is 10.1. The van der Waals surface area contributed by atoms with Crippen LogP contribution in [0.15, 0.2) is 30.3 Å². The van der Waals surface area contributed by atoms with Crippen molar-refractivity contribution < 1.29 is 19.4 Å². The molecule has 0 saturated carbocycles. The zero-order valence-electron chi connectivity index (χ0n) is 22.2. The molecule has 3 aliphatic rings. The summed E-state index contributed by atoms with van der Waals surface area (Å²) in [4.78, 5) is 18.7. The highest BCUT2D eigenvalue weighted by atomic mass is 16.5. The minimum atomic E-state index is -0.934. The highest BCUT2D eigenvalue weighted by Crippen LogP contribution is 2.31. The molecule has 2 saturated heterocycles.